The molecule has 154 valence electrons. The number of benzene rings is 3. The van der Waals surface area contributed by atoms with Crippen molar-refractivity contribution < 1.29 is 14.3 Å². The fourth-order valence-corrected chi connectivity index (χ4v) is 3.52. The molecule has 3 aromatic rings. The molecule has 0 bridgehead atoms. The zero-order valence-electron chi connectivity index (χ0n) is 16.9. The maximum absolute atomic E-state index is 13.4. The normalized spacial score (nSPS) is 14.6. The van der Waals surface area contributed by atoms with Crippen LogP contribution in [-0.4, -0.2) is 18.5 Å². The molecule has 1 amide bonds. The van der Waals surface area contributed by atoms with E-state index in [0.29, 0.717) is 28.5 Å². The van der Waals surface area contributed by atoms with Crippen molar-refractivity contribution in [1.82, 2.24) is 0 Å². The molecule has 0 saturated carbocycles. The van der Waals surface area contributed by atoms with Gasteiger partial charge in [0.1, 0.15) is 0 Å². The van der Waals surface area contributed by atoms with Crippen molar-refractivity contribution >= 4 is 40.9 Å². The van der Waals surface area contributed by atoms with Crippen LogP contribution in [-0.2, 0) is 9.53 Å². The van der Waals surface area contributed by atoms with Gasteiger partial charge in [-0.3, -0.25) is 9.69 Å². The Hall–Kier alpha value is -3.63. The highest BCUT2D eigenvalue weighted by molar-refractivity contribution is 6.30. The standard InChI is InChI=1S/C26H20ClNO3/c1-2-31-26(30)20-10-14-23(15-11-20)28-24(19-6-4-3-5-7-19)17-21(25(28)29)16-18-8-12-22(27)13-9-18/h3-17H,2H2,1H3/b21-16+. The lowest BCUT2D eigenvalue weighted by molar-refractivity contribution is -0.113. The number of nitrogens with zero attached hydrogens (tertiary/aromatic N) is 1. The van der Waals surface area contributed by atoms with Gasteiger partial charge in [-0.1, -0.05) is 54.1 Å². The lowest BCUT2D eigenvalue weighted by atomic mass is 10.1. The predicted octanol–water partition coefficient (Wildman–Crippen LogP) is 5.99. The number of esters is 1. The first-order chi connectivity index (χ1) is 15.1. The quantitative estimate of drug-likeness (QED) is 0.369. The van der Waals surface area contributed by atoms with Gasteiger partial charge in [-0.25, -0.2) is 4.79 Å². The summed E-state index contributed by atoms with van der Waals surface area (Å²) in [6.45, 7) is 2.07. The van der Waals surface area contributed by atoms with Gasteiger partial charge in [-0.15, -0.1) is 0 Å². The van der Waals surface area contributed by atoms with E-state index in [-0.39, 0.29) is 11.9 Å². The smallest absolute Gasteiger partial charge is 0.338 e. The summed E-state index contributed by atoms with van der Waals surface area (Å²) < 4.78 is 5.05. The Morgan fingerprint density at radius 3 is 2.29 bits per heavy atom. The van der Waals surface area contributed by atoms with Crippen LogP contribution in [0.4, 0.5) is 5.69 Å². The molecular formula is C26H20ClNO3. The van der Waals surface area contributed by atoms with Crippen LogP contribution >= 0.6 is 11.6 Å². The minimum absolute atomic E-state index is 0.141. The number of rotatable bonds is 5. The summed E-state index contributed by atoms with van der Waals surface area (Å²) in [5.74, 6) is -0.526. The number of carbonyl (C=O) groups excluding carboxylic acids is 2. The molecule has 0 atom stereocenters. The van der Waals surface area contributed by atoms with Crippen molar-refractivity contribution in [3.8, 4) is 0 Å². The van der Waals surface area contributed by atoms with E-state index in [4.69, 9.17) is 16.3 Å². The van der Waals surface area contributed by atoms with Crippen molar-refractivity contribution in [2.75, 3.05) is 11.5 Å². The second kappa shape index (κ2) is 9.02. The lowest BCUT2D eigenvalue weighted by Crippen LogP contribution is -2.25. The SMILES string of the molecule is CCOC(=O)c1ccc(N2C(=O)/C(=C/c3ccc(Cl)cc3)C=C2c2ccccc2)cc1. The van der Waals surface area contributed by atoms with E-state index in [1.807, 2.05) is 54.6 Å². The van der Waals surface area contributed by atoms with Gasteiger partial charge in [0.25, 0.3) is 5.91 Å². The number of amides is 1. The second-order valence-electron chi connectivity index (χ2n) is 6.95. The van der Waals surface area contributed by atoms with Crippen LogP contribution in [0, 0.1) is 0 Å². The highest BCUT2D eigenvalue weighted by Gasteiger charge is 2.30. The maximum Gasteiger partial charge on any atom is 0.338 e. The molecule has 0 saturated heterocycles. The molecule has 0 radical (unpaired) electrons. The molecule has 5 heteroatoms. The molecule has 3 aromatic carbocycles. The van der Waals surface area contributed by atoms with Crippen molar-refractivity contribution in [3.63, 3.8) is 0 Å². The summed E-state index contributed by atoms with van der Waals surface area (Å²) in [6, 6.07) is 23.9. The third-order valence-corrected chi connectivity index (χ3v) is 5.13. The van der Waals surface area contributed by atoms with Crippen LogP contribution in [0.1, 0.15) is 28.4 Å². The first kappa shape index (κ1) is 20.6. The van der Waals surface area contributed by atoms with E-state index in [1.165, 1.54) is 0 Å². The van der Waals surface area contributed by atoms with Crippen molar-refractivity contribution in [3.05, 3.63) is 112 Å². The molecular weight excluding hydrogens is 410 g/mol. The molecule has 31 heavy (non-hydrogen) atoms. The van der Waals surface area contributed by atoms with Gasteiger partial charge in [0.15, 0.2) is 0 Å². The molecule has 4 nitrogen and oxygen atoms in total. The minimum atomic E-state index is -0.385. The molecule has 0 aliphatic carbocycles. The molecule has 1 aliphatic rings. The topological polar surface area (TPSA) is 46.6 Å². The molecule has 0 aromatic heterocycles. The Kier molecular flexibility index (Phi) is 6.01. The molecule has 0 N–H and O–H groups in total. The molecule has 1 aliphatic heterocycles. The van der Waals surface area contributed by atoms with Gasteiger partial charge in [-0.2, -0.15) is 0 Å². The molecule has 4 rings (SSSR count). The Labute approximate surface area is 186 Å². The Morgan fingerprint density at radius 2 is 1.65 bits per heavy atom. The average Bonchev–Trinajstić information content (AvgIpc) is 3.12. The number of hydrogen-bond acceptors (Lipinski definition) is 3. The number of halogens is 1. The van der Waals surface area contributed by atoms with Gasteiger partial charge in [0.2, 0.25) is 0 Å². The van der Waals surface area contributed by atoms with E-state index in [9.17, 15) is 9.59 Å². The number of anilines is 1. The zero-order chi connectivity index (χ0) is 21.8. The Morgan fingerprint density at radius 1 is 0.968 bits per heavy atom. The van der Waals surface area contributed by atoms with Gasteiger partial charge in [0, 0.05) is 16.3 Å². The highest BCUT2D eigenvalue weighted by atomic mass is 35.5. The summed E-state index contributed by atoms with van der Waals surface area (Å²) in [7, 11) is 0. The van der Waals surface area contributed by atoms with Gasteiger partial charge in [-0.05, 0) is 66.6 Å². The molecule has 1 heterocycles. The maximum atomic E-state index is 13.4. The summed E-state index contributed by atoms with van der Waals surface area (Å²) in [6.07, 6.45) is 3.72. The number of hydrogen-bond donors (Lipinski definition) is 0. The van der Waals surface area contributed by atoms with Gasteiger partial charge in [0.05, 0.1) is 17.9 Å². The molecule has 0 spiro atoms. The van der Waals surface area contributed by atoms with Gasteiger partial charge < -0.3 is 4.74 Å². The summed E-state index contributed by atoms with van der Waals surface area (Å²) in [5, 5.41) is 0.642. The lowest BCUT2D eigenvalue weighted by Gasteiger charge is -2.21. The highest BCUT2D eigenvalue weighted by Crippen LogP contribution is 2.35. The predicted molar refractivity (Wildman–Crippen MR) is 124 cm³/mol. The molecule has 0 fully saturated rings. The fraction of sp³-hybridized carbons (Fsp3) is 0.0769. The third kappa shape index (κ3) is 4.44. The fourth-order valence-electron chi connectivity index (χ4n) is 3.39. The van der Waals surface area contributed by atoms with Crippen molar-refractivity contribution in [1.29, 1.82) is 0 Å². The van der Waals surface area contributed by atoms with E-state index in [0.717, 1.165) is 16.8 Å². The largest absolute Gasteiger partial charge is 0.462 e. The number of ether oxygens (including phenoxy) is 1. The van der Waals surface area contributed by atoms with Crippen molar-refractivity contribution in [2.45, 2.75) is 6.92 Å². The van der Waals surface area contributed by atoms with Crippen LogP contribution in [0.3, 0.4) is 0 Å². The number of carbonyl (C=O) groups is 2. The Balaban J connectivity index is 1.73. The Bertz CT molecular complexity index is 1160. The average molecular weight is 430 g/mol. The molecule has 0 unspecified atom stereocenters. The summed E-state index contributed by atoms with van der Waals surface area (Å²) in [4.78, 5) is 27.0. The van der Waals surface area contributed by atoms with Crippen LogP contribution in [0.15, 0.2) is 90.5 Å². The third-order valence-electron chi connectivity index (χ3n) is 4.88. The monoisotopic (exact) mass is 429 g/mol. The summed E-state index contributed by atoms with van der Waals surface area (Å²) in [5.41, 5.74) is 4.26. The van der Waals surface area contributed by atoms with Crippen LogP contribution in [0.2, 0.25) is 5.02 Å². The summed E-state index contributed by atoms with van der Waals surface area (Å²) >= 11 is 5.98. The van der Waals surface area contributed by atoms with Crippen molar-refractivity contribution in [2.24, 2.45) is 0 Å². The minimum Gasteiger partial charge on any atom is -0.462 e. The van der Waals surface area contributed by atoms with Crippen LogP contribution in [0.25, 0.3) is 11.8 Å². The zero-order valence-corrected chi connectivity index (χ0v) is 17.7. The first-order valence-corrected chi connectivity index (χ1v) is 10.3. The van der Waals surface area contributed by atoms with Crippen LogP contribution in [0.5, 0.6) is 0 Å². The second-order valence-corrected chi connectivity index (χ2v) is 7.39. The van der Waals surface area contributed by atoms with E-state index < -0.39 is 0 Å². The van der Waals surface area contributed by atoms with E-state index >= 15 is 0 Å². The van der Waals surface area contributed by atoms with Crippen LogP contribution < -0.4 is 4.90 Å². The van der Waals surface area contributed by atoms with E-state index in [2.05, 4.69) is 0 Å². The van der Waals surface area contributed by atoms with E-state index in [1.54, 1.807) is 48.2 Å². The first-order valence-electron chi connectivity index (χ1n) is 9.93. The van der Waals surface area contributed by atoms with Gasteiger partial charge >= 0.3 is 5.97 Å².